The molecule has 2 heteroatoms. The lowest BCUT2D eigenvalue weighted by atomic mass is 9.92. The van der Waals surface area contributed by atoms with Crippen molar-refractivity contribution in [3.8, 4) is 0 Å². The fraction of sp³-hybridized carbons (Fsp3) is 0.294. The quantitative estimate of drug-likeness (QED) is 0.858. The summed E-state index contributed by atoms with van der Waals surface area (Å²) in [7, 11) is 0. The Labute approximate surface area is 113 Å². The average molecular weight is 258 g/mol. The molecule has 2 aromatic carbocycles. The van der Waals surface area contributed by atoms with Crippen LogP contribution in [0, 0.1) is 33.5 Å². The molecule has 0 spiro atoms. The monoisotopic (exact) mass is 258 g/mol. The van der Waals surface area contributed by atoms with Crippen LogP contribution in [0.25, 0.3) is 0 Å². The first-order chi connectivity index (χ1) is 8.90. The number of halogens is 1. The third kappa shape index (κ3) is 2.69. The Hall–Kier alpha value is -1.67. The molecule has 0 radical (unpaired) electrons. The number of hydrogen-bond acceptors (Lipinski definition) is 1. The van der Waals surface area contributed by atoms with E-state index in [1.807, 2.05) is 52.0 Å². The second-order valence-corrected chi connectivity index (χ2v) is 5.24. The van der Waals surface area contributed by atoms with Crippen LogP contribution >= 0.6 is 0 Å². The Balaban J connectivity index is 2.56. The number of aryl methyl sites for hydroxylation is 4. The summed E-state index contributed by atoms with van der Waals surface area (Å²) in [6.07, 6.45) is -0.916. The fourth-order valence-electron chi connectivity index (χ4n) is 2.48. The van der Waals surface area contributed by atoms with Gasteiger partial charge in [-0.15, -0.1) is 0 Å². The third-order valence-electron chi connectivity index (χ3n) is 3.48. The van der Waals surface area contributed by atoms with Crippen LogP contribution in [0.5, 0.6) is 0 Å². The van der Waals surface area contributed by atoms with E-state index in [1.165, 1.54) is 6.07 Å². The van der Waals surface area contributed by atoms with Gasteiger partial charge in [0.1, 0.15) is 11.9 Å². The van der Waals surface area contributed by atoms with Crippen molar-refractivity contribution in [2.45, 2.75) is 33.8 Å². The summed E-state index contributed by atoms with van der Waals surface area (Å²) in [4.78, 5) is 0. The molecule has 100 valence electrons. The first-order valence-electron chi connectivity index (χ1n) is 6.42. The zero-order chi connectivity index (χ0) is 14.2. The van der Waals surface area contributed by atoms with Crippen LogP contribution in [-0.4, -0.2) is 5.11 Å². The van der Waals surface area contributed by atoms with E-state index in [4.69, 9.17) is 0 Å². The molecule has 0 bridgehead atoms. The van der Waals surface area contributed by atoms with Crippen LogP contribution in [0.15, 0.2) is 30.3 Å². The number of aliphatic hydroxyl groups is 1. The third-order valence-corrected chi connectivity index (χ3v) is 3.48. The Morgan fingerprint density at radius 2 is 1.58 bits per heavy atom. The van der Waals surface area contributed by atoms with Gasteiger partial charge in [0.2, 0.25) is 0 Å². The van der Waals surface area contributed by atoms with E-state index < -0.39 is 6.10 Å². The van der Waals surface area contributed by atoms with Gasteiger partial charge in [-0.05, 0) is 56.0 Å². The second kappa shape index (κ2) is 5.14. The average Bonchev–Trinajstić information content (AvgIpc) is 2.30. The number of hydrogen-bond donors (Lipinski definition) is 1. The molecule has 0 aliphatic carbocycles. The summed E-state index contributed by atoms with van der Waals surface area (Å²) in [6, 6.07) is 9.22. The number of aliphatic hydroxyl groups excluding tert-OH is 1. The molecule has 0 aromatic heterocycles. The van der Waals surface area contributed by atoms with E-state index in [2.05, 4.69) is 0 Å². The van der Waals surface area contributed by atoms with Gasteiger partial charge in [-0.1, -0.05) is 29.8 Å². The lowest BCUT2D eigenvalue weighted by Gasteiger charge is -2.18. The minimum absolute atomic E-state index is 0.342. The molecular weight excluding hydrogens is 239 g/mol. The summed E-state index contributed by atoms with van der Waals surface area (Å²) < 4.78 is 14.1. The SMILES string of the molecule is Cc1cc(C)c(C(O)c2cc(C)ccc2C)c(F)c1. The van der Waals surface area contributed by atoms with Crippen molar-refractivity contribution in [2.75, 3.05) is 0 Å². The molecule has 1 N–H and O–H groups in total. The molecule has 0 aliphatic rings. The molecule has 0 saturated carbocycles. The molecule has 0 fully saturated rings. The Bertz CT molecular complexity index is 594. The Kier molecular flexibility index (Phi) is 3.72. The normalized spacial score (nSPS) is 12.5. The van der Waals surface area contributed by atoms with Gasteiger partial charge in [0.15, 0.2) is 0 Å². The summed E-state index contributed by atoms with van der Waals surface area (Å²) in [5.74, 6) is -0.342. The molecule has 2 aromatic rings. The van der Waals surface area contributed by atoms with Crippen LogP contribution < -0.4 is 0 Å². The summed E-state index contributed by atoms with van der Waals surface area (Å²) in [5.41, 5.74) is 4.82. The molecule has 1 atom stereocenters. The van der Waals surface area contributed by atoms with E-state index in [9.17, 15) is 9.50 Å². The van der Waals surface area contributed by atoms with Crippen molar-refractivity contribution in [1.82, 2.24) is 0 Å². The minimum Gasteiger partial charge on any atom is -0.384 e. The Morgan fingerprint density at radius 3 is 2.21 bits per heavy atom. The first kappa shape index (κ1) is 13.8. The zero-order valence-corrected chi connectivity index (χ0v) is 11.8. The van der Waals surface area contributed by atoms with Gasteiger partial charge in [-0.25, -0.2) is 4.39 Å². The highest BCUT2D eigenvalue weighted by Crippen LogP contribution is 2.30. The number of rotatable bonds is 2. The fourth-order valence-corrected chi connectivity index (χ4v) is 2.48. The van der Waals surface area contributed by atoms with Gasteiger partial charge < -0.3 is 5.11 Å². The van der Waals surface area contributed by atoms with Gasteiger partial charge in [0, 0.05) is 5.56 Å². The highest BCUT2D eigenvalue weighted by atomic mass is 19.1. The van der Waals surface area contributed by atoms with Crippen LogP contribution in [0.1, 0.15) is 39.5 Å². The van der Waals surface area contributed by atoms with E-state index in [1.54, 1.807) is 0 Å². The highest BCUT2D eigenvalue weighted by molar-refractivity contribution is 5.42. The second-order valence-electron chi connectivity index (χ2n) is 5.24. The van der Waals surface area contributed by atoms with Crippen molar-refractivity contribution in [3.63, 3.8) is 0 Å². The Morgan fingerprint density at radius 1 is 0.895 bits per heavy atom. The van der Waals surface area contributed by atoms with Crippen molar-refractivity contribution in [3.05, 3.63) is 69.5 Å². The molecule has 1 unspecified atom stereocenters. The van der Waals surface area contributed by atoms with Gasteiger partial charge in [-0.2, -0.15) is 0 Å². The largest absolute Gasteiger partial charge is 0.384 e. The summed E-state index contributed by atoms with van der Waals surface area (Å²) in [6.45, 7) is 7.58. The molecule has 0 heterocycles. The van der Waals surface area contributed by atoms with Crippen LogP contribution in [0.3, 0.4) is 0 Å². The number of benzene rings is 2. The lowest BCUT2D eigenvalue weighted by molar-refractivity contribution is 0.213. The molecular formula is C17H19FO. The van der Waals surface area contributed by atoms with Crippen molar-refractivity contribution >= 4 is 0 Å². The predicted octanol–water partition coefficient (Wildman–Crippen LogP) is 4.14. The van der Waals surface area contributed by atoms with Gasteiger partial charge in [-0.3, -0.25) is 0 Å². The molecule has 1 nitrogen and oxygen atoms in total. The maximum Gasteiger partial charge on any atom is 0.129 e. The van der Waals surface area contributed by atoms with Crippen molar-refractivity contribution in [2.24, 2.45) is 0 Å². The lowest BCUT2D eigenvalue weighted by Crippen LogP contribution is -2.07. The topological polar surface area (TPSA) is 20.2 Å². The highest BCUT2D eigenvalue weighted by Gasteiger charge is 2.19. The van der Waals surface area contributed by atoms with Gasteiger partial charge in [0.05, 0.1) is 0 Å². The molecule has 0 aliphatic heterocycles. The van der Waals surface area contributed by atoms with Gasteiger partial charge >= 0.3 is 0 Å². The van der Waals surface area contributed by atoms with E-state index in [0.29, 0.717) is 5.56 Å². The van der Waals surface area contributed by atoms with Gasteiger partial charge in [0.25, 0.3) is 0 Å². The standard InChI is InChI=1S/C17H19FO/c1-10-5-6-12(3)14(8-10)17(19)16-13(4)7-11(2)9-15(16)18/h5-9,17,19H,1-4H3. The van der Waals surface area contributed by atoms with E-state index >= 15 is 0 Å². The van der Waals surface area contributed by atoms with Crippen LogP contribution in [-0.2, 0) is 0 Å². The maximum atomic E-state index is 14.1. The molecule has 0 saturated heterocycles. The summed E-state index contributed by atoms with van der Waals surface area (Å²) in [5, 5.41) is 10.5. The smallest absolute Gasteiger partial charge is 0.129 e. The molecule has 19 heavy (non-hydrogen) atoms. The van der Waals surface area contributed by atoms with E-state index in [0.717, 1.165) is 27.8 Å². The van der Waals surface area contributed by atoms with E-state index in [-0.39, 0.29) is 5.82 Å². The minimum atomic E-state index is -0.916. The van der Waals surface area contributed by atoms with Crippen LogP contribution in [0.2, 0.25) is 0 Å². The maximum absolute atomic E-state index is 14.1. The first-order valence-corrected chi connectivity index (χ1v) is 6.42. The van der Waals surface area contributed by atoms with Crippen molar-refractivity contribution in [1.29, 1.82) is 0 Å². The van der Waals surface area contributed by atoms with Crippen molar-refractivity contribution < 1.29 is 9.50 Å². The van der Waals surface area contributed by atoms with Crippen LogP contribution in [0.4, 0.5) is 4.39 Å². The predicted molar refractivity (Wildman–Crippen MR) is 75.9 cm³/mol. The molecule has 2 rings (SSSR count). The zero-order valence-electron chi connectivity index (χ0n) is 11.8. The summed E-state index contributed by atoms with van der Waals surface area (Å²) >= 11 is 0. The molecule has 0 amide bonds.